The minimum absolute atomic E-state index is 0.0585. The summed E-state index contributed by atoms with van der Waals surface area (Å²) in [4.78, 5) is 23.6. The van der Waals surface area contributed by atoms with E-state index >= 15 is 0 Å². The van der Waals surface area contributed by atoms with Crippen molar-refractivity contribution < 1.29 is 19.4 Å². The lowest BCUT2D eigenvalue weighted by molar-refractivity contribution is -0.146. The first-order valence-corrected chi connectivity index (χ1v) is 5.91. The SMILES string of the molecule is CC(=O)O[C@@H]1CC[C@H](N(C(=O)O)C(C)(C)C)C1. The van der Waals surface area contributed by atoms with Crippen molar-refractivity contribution in [2.45, 2.75) is 64.6 Å². The number of ether oxygens (including phenoxy) is 1. The normalized spacial score (nSPS) is 24.5. The number of rotatable bonds is 2. The number of hydrogen-bond donors (Lipinski definition) is 1. The quantitative estimate of drug-likeness (QED) is 0.755. The van der Waals surface area contributed by atoms with Crippen LogP contribution in [-0.2, 0) is 9.53 Å². The van der Waals surface area contributed by atoms with E-state index in [0.29, 0.717) is 6.42 Å². The summed E-state index contributed by atoms with van der Waals surface area (Å²) in [6.07, 6.45) is 1.04. The summed E-state index contributed by atoms with van der Waals surface area (Å²) in [6.45, 7) is 7.01. The molecule has 0 bridgehead atoms. The highest BCUT2D eigenvalue weighted by atomic mass is 16.5. The molecule has 5 heteroatoms. The van der Waals surface area contributed by atoms with Gasteiger partial charge in [0.2, 0.25) is 0 Å². The van der Waals surface area contributed by atoms with Gasteiger partial charge in [-0.2, -0.15) is 0 Å². The molecule has 1 saturated carbocycles. The van der Waals surface area contributed by atoms with Crippen LogP contribution in [0.2, 0.25) is 0 Å². The predicted molar refractivity (Wildman–Crippen MR) is 62.8 cm³/mol. The van der Waals surface area contributed by atoms with Crippen molar-refractivity contribution >= 4 is 12.1 Å². The topological polar surface area (TPSA) is 66.8 Å². The molecule has 0 unspecified atom stereocenters. The van der Waals surface area contributed by atoms with Gasteiger partial charge in [-0.05, 0) is 33.6 Å². The van der Waals surface area contributed by atoms with E-state index in [4.69, 9.17) is 4.74 Å². The van der Waals surface area contributed by atoms with Crippen molar-refractivity contribution in [1.82, 2.24) is 4.90 Å². The number of hydrogen-bond acceptors (Lipinski definition) is 3. The molecule has 2 atom stereocenters. The Hall–Kier alpha value is -1.26. The number of amides is 1. The second-order valence-corrected chi connectivity index (χ2v) is 5.52. The molecule has 0 radical (unpaired) electrons. The van der Waals surface area contributed by atoms with Crippen LogP contribution in [0, 0.1) is 0 Å². The van der Waals surface area contributed by atoms with Crippen LogP contribution in [0.3, 0.4) is 0 Å². The lowest BCUT2D eigenvalue weighted by Crippen LogP contribution is -2.50. The summed E-state index contributed by atoms with van der Waals surface area (Å²) in [6, 6.07) is -0.0585. The van der Waals surface area contributed by atoms with Gasteiger partial charge in [0.15, 0.2) is 0 Å². The van der Waals surface area contributed by atoms with Crippen molar-refractivity contribution in [1.29, 1.82) is 0 Å². The predicted octanol–water partition coefficient (Wildman–Crippen LogP) is 2.25. The van der Waals surface area contributed by atoms with E-state index in [1.807, 2.05) is 20.8 Å². The molecule has 0 aliphatic heterocycles. The van der Waals surface area contributed by atoms with Gasteiger partial charge in [0.1, 0.15) is 6.10 Å². The number of carbonyl (C=O) groups excluding carboxylic acids is 1. The van der Waals surface area contributed by atoms with Crippen molar-refractivity contribution in [3.63, 3.8) is 0 Å². The van der Waals surface area contributed by atoms with Crippen LogP contribution in [0.25, 0.3) is 0 Å². The summed E-state index contributed by atoms with van der Waals surface area (Å²) in [7, 11) is 0. The minimum atomic E-state index is -0.911. The molecule has 0 heterocycles. The summed E-state index contributed by atoms with van der Waals surface area (Å²) < 4.78 is 5.13. The van der Waals surface area contributed by atoms with E-state index in [0.717, 1.165) is 12.8 Å². The summed E-state index contributed by atoms with van der Waals surface area (Å²) in [5, 5.41) is 9.26. The molecule has 1 amide bonds. The van der Waals surface area contributed by atoms with Crippen molar-refractivity contribution in [3.8, 4) is 0 Å². The van der Waals surface area contributed by atoms with Gasteiger partial charge in [-0.15, -0.1) is 0 Å². The Morgan fingerprint density at radius 1 is 1.29 bits per heavy atom. The molecular weight excluding hydrogens is 222 g/mol. The third kappa shape index (κ3) is 3.61. The third-order valence-electron chi connectivity index (χ3n) is 2.98. The highest BCUT2D eigenvalue weighted by Crippen LogP contribution is 2.31. The Morgan fingerprint density at radius 2 is 1.88 bits per heavy atom. The highest BCUT2D eigenvalue weighted by Gasteiger charge is 2.38. The Morgan fingerprint density at radius 3 is 2.29 bits per heavy atom. The van der Waals surface area contributed by atoms with Crippen molar-refractivity contribution in [3.05, 3.63) is 0 Å². The molecule has 0 aromatic rings. The fraction of sp³-hybridized carbons (Fsp3) is 0.833. The molecule has 98 valence electrons. The molecule has 0 aromatic carbocycles. The Balaban J connectivity index is 2.67. The van der Waals surface area contributed by atoms with Crippen LogP contribution in [0.15, 0.2) is 0 Å². The zero-order valence-corrected chi connectivity index (χ0v) is 10.9. The number of esters is 1. The van der Waals surface area contributed by atoms with Crippen LogP contribution in [-0.4, -0.2) is 39.8 Å². The monoisotopic (exact) mass is 243 g/mol. The maximum absolute atomic E-state index is 11.3. The van der Waals surface area contributed by atoms with Gasteiger partial charge in [0.25, 0.3) is 0 Å². The maximum Gasteiger partial charge on any atom is 0.407 e. The second-order valence-electron chi connectivity index (χ2n) is 5.52. The molecule has 0 spiro atoms. The van der Waals surface area contributed by atoms with E-state index < -0.39 is 11.6 Å². The van der Waals surface area contributed by atoms with Crippen LogP contribution in [0.4, 0.5) is 4.79 Å². The van der Waals surface area contributed by atoms with Crippen LogP contribution >= 0.6 is 0 Å². The third-order valence-corrected chi connectivity index (χ3v) is 2.98. The number of carboxylic acid groups (broad SMARTS) is 1. The average Bonchev–Trinajstić information content (AvgIpc) is 2.47. The van der Waals surface area contributed by atoms with Gasteiger partial charge in [-0.25, -0.2) is 4.79 Å². The van der Waals surface area contributed by atoms with E-state index in [9.17, 15) is 14.7 Å². The van der Waals surface area contributed by atoms with E-state index in [2.05, 4.69) is 0 Å². The van der Waals surface area contributed by atoms with E-state index in [1.165, 1.54) is 11.8 Å². The van der Waals surface area contributed by atoms with Crippen LogP contribution in [0.1, 0.15) is 47.0 Å². The molecule has 5 nitrogen and oxygen atoms in total. The lowest BCUT2D eigenvalue weighted by Gasteiger charge is -2.38. The van der Waals surface area contributed by atoms with Crippen LogP contribution < -0.4 is 0 Å². The van der Waals surface area contributed by atoms with E-state index in [1.54, 1.807) is 0 Å². The fourth-order valence-corrected chi connectivity index (χ4v) is 2.48. The average molecular weight is 243 g/mol. The molecule has 0 aromatic heterocycles. The van der Waals surface area contributed by atoms with Crippen LogP contribution in [0.5, 0.6) is 0 Å². The summed E-state index contributed by atoms with van der Waals surface area (Å²) in [5.74, 6) is -0.298. The van der Waals surface area contributed by atoms with E-state index in [-0.39, 0.29) is 18.1 Å². The first-order valence-electron chi connectivity index (χ1n) is 5.91. The highest BCUT2D eigenvalue weighted by molar-refractivity contribution is 5.67. The largest absolute Gasteiger partial charge is 0.465 e. The van der Waals surface area contributed by atoms with Crippen molar-refractivity contribution in [2.24, 2.45) is 0 Å². The second kappa shape index (κ2) is 4.94. The maximum atomic E-state index is 11.3. The van der Waals surface area contributed by atoms with Crippen molar-refractivity contribution in [2.75, 3.05) is 0 Å². The zero-order chi connectivity index (χ0) is 13.2. The lowest BCUT2D eigenvalue weighted by atomic mass is 10.0. The molecule has 1 fully saturated rings. The number of nitrogens with zero attached hydrogens (tertiary/aromatic N) is 1. The minimum Gasteiger partial charge on any atom is -0.465 e. The number of carbonyl (C=O) groups is 2. The Labute approximate surface area is 102 Å². The molecule has 17 heavy (non-hydrogen) atoms. The molecule has 1 aliphatic rings. The molecule has 0 saturated heterocycles. The summed E-state index contributed by atoms with van der Waals surface area (Å²) >= 11 is 0. The zero-order valence-electron chi connectivity index (χ0n) is 10.9. The summed E-state index contributed by atoms with van der Waals surface area (Å²) in [5.41, 5.74) is -0.429. The van der Waals surface area contributed by atoms with Gasteiger partial charge >= 0.3 is 12.1 Å². The Bertz CT molecular complexity index is 308. The van der Waals surface area contributed by atoms with Gasteiger partial charge in [0, 0.05) is 24.9 Å². The molecule has 1 rings (SSSR count). The standard InChI is InChI=1S/C12H21NO4/c1-8(14)17-10-6-5-9(7-10)13(11(15)16)12(2,3)4/h9-10H,5-7H2,1-4H3,(H,15,16)/t9-,10+/m0/s1. The van der Waals surface area contributed by atoms with Gasteiger partial charge < -0.3 is 14.7 Å². The fourth-order valence-electron chi connectivity index (χ4n) is 2.48. The van der Waals surface area contributed by atoms with Gasteiger partial charge in [0.05, 0.1) is 0 Å². The first kappa shape index (κ1) is 13.8. The Kier molecular flexibility index (Phi) is 4.01. The van der Waals surface area contributed by atoms with Gasteiger partial charge in [-0.3, -0.25) is 4.79 Å². The first-order chi connectivity index (χ1) is 7.71. The van der Waals surface area contributed by atoms with Gasteiger partial charge in [-0.1, -0.05) is 0 Å². The molecule has 1 N–H and O–H groups in total. The smallest absolute Gasteiger partial charge is 0.407 e. The molecular formula is C12H21NO4. The molecule has 1 aliphatic carbocycles.